The summed E-state index contributed by atoms with van der Waals surface area (Å²) in [6.07, 6.45) is 0. The summed E-state index contributed by atoms with van der Waals surface area (Å²) < 4.78 is 6.94. The Kier molecular flexibility index (Phi) is 3.64. The van der Waals surface area contributed by atoms with Crippen molar-refractivity contribution in [2.75, 3.05) is 0 Å². The van der Waals surface area contributed by atoms with Crippen molar-refractivity contribution in [1.29, 1.82) is 0 Å². The molecule has 1 N–H and O–H groups in total. The highest BCUT2D eigenvalue weighted by atomic mass is 28.3. The van der Waals surface area contributed by atoms with Crippen molar-refractivity contribution in [2.45, 2.75) is 39.3 Å². The fourth-order valence-corrected chi connectivity index (χ4v) is 5.45. The van der Waals surface area contributed by atoms with E-state index in [4.69, 9.17) is 4.52 Å². The molecule has 0 saturated heterocycles. The summed E-state index contributed by atoms with van der Waals surface area (Å²) >= 11 is 0. The van der Waals surface area contributed by atoms with Crippen LogP contribution in [-0.4, -0.2) is 21.4 Å². The number of hydrogen-bond acceptors (Lipinski definition) is 2. The first-order chi connectivity index (χ1) is 9.12. The van der Waals surface area contributed by atoms with Gasteiger partial charge in [0.15, 0.2) is 8.07 Å². The molecule has 6 heteroatoms. The van der Waals surface area contributed by atoms with Gasteiger partial charge in [0.05, 0.1) is 8.07 Å². The van der Waals surface area contributed by atoms with Gasteiger partial charge in [-0.1, -0.05) is 57.5 Å². The van der Waals surface area contributed by atoms with Gasteiger partial charge in [0.25, 0.3) is 5.32 Å². The van der Waals surface area contributed by atoms with Gasteiger partial charge in [0.1, 0.15) is 0 Å². The SMILES string of the molecule is C[Si](C)(C)c1ccccc1-[n+]1[nH]oc(=O)c1[Si](C)(C)C. The molecule has 0 unspecified atom stereocenters. The molecule has 0 saturated carbocycles. The number of para-hydroxylation sites is 1. The van der Waals surface area contributed by atoms with E-state index < -0.39 is 16.1 Å². The van der Waals surface area contributed by atoms with Crippen LogP contribution in [0.25, 0.3) is 5.69 Å². The highest BCUT2D eigenvalue weighted by molar-refractivity contribution is 6.89. The Hall–Kier alpha value is -1.41. The van der Waals surface area contributed by atoms with E-state index in [9.17, 15) is 4.79 Å². The smallest absolute Gasteiger partial charge is 0.283 e. The fraction of sp³-hybridized carbons (Fsp3) is 0.429. The van der Waals surface area contributed by atoms with Crippen LogP contribution in [0, 0.1) is 0 Å². The van der Waals surface area contributed by atoms with Gasteiger partial charge in [-0.3, -0.25) is 4.52 Å². The van der Waals surface area contributed by atoms with E-state index in [1.165, 1.54) is 5.19 Å². The molecule has 0 atom stereocenters. The van der Waals surface area contributed by atoms with Crippen LogP contribution in [0.2, 0.25) is 39.3 Å². The Balaban J connectivity index is 2.75. The Labute approximate surface area is 121 Å². The fourth-order valence-electron chi connectivity index (χ4n) is 2.39. The van der Waals surface area contributed by atoms with Crippen molar-refractivity contribution < 1.29 is 9.20 Å². The van der Waals surface area contributed by atoms with Crippen LogP contribution in [-0.2, 0) is 0 Å². The Morgan fingerprint density at radius 2 is 1.60 bits per heavy atom. The number of hydrogen-bond donors (Lipinski definition) is 1. The van der Waals surface area contributed by atoms with Gasteiger partial charge in [0, 0.05) is 11.3 Å². The summed E-state index contributed by atoms with van der Waals surface area (Å²) in [5, 5.41) is 4.90. The molecular weight excluding hydrogens is 284 g/mol. The van der Waals surface area contributed by atoms with E-state index in [0.717, 1.165) is 11.0 Å². The third-order valence-electron chi connectivity index (χ3n) is 3.31. The topological polar surface area (TPSA) is 49.9 Å². The zero-order chi connectivity index (χ0) is 15.1. The average Bonchev–Trinajstić information content (AvgIpc) is 2.69. The summed E-state index contributed by atoms with van der Waals surface area (Å²) in [5.41, 5.74) is 0.810. The Morgan fingerprint density at radius 1 is 1.00 bits per heavy atom. The second kappa shape index (κ2) is 4.85. The standard InChI is InChI=1S/C14H22N2O2Si2/c1-19(2,3)12-10-8-7-9-11(12)16-13(20(4,5)6)14(17)18-15-16/h7-10H,1-6H3/p+1. The quantitative estimate of drug-likeness (QED) is 0.687. The number of nitrogens with zero attached hydrogens (tertiary/aromatic N) is 1. The summed E-state index contributed by atoms with van der Waals surface area (Å²) in [5.74, 6) is 0. The normalized spacial score (nSPS) is 12.7. The molecule has 2 aromatic rings. The first-order valence-electron chi connectivity index (χ1n) is 6.86. The molecular formula is C14H23N2O2Si2+. The summed E-state index contributed by atoms with van der Waals surface area (Å²) in [6, 6.07) is 8.28. The number of aromatic amines is 1. The van der Waals surface area contributed by atoms with Crippen LogP contribution in [0.1, 0.15) is 0 Å². The molecule has 0 bridgehead atoms. The van der Waals surface area contributed by atoms with Crippen molar-refractivity contribution >= 4 is 26.7 Å². The molecule has 0 fully saturated rings. The van der Waals surface area contributed by atoms with Crippen molar-refractivity contribution in [2.24, 2.45) is 0 Å². The van der Waals surface area contributed by atoms with Gasteiger partial charge in [0.2, 0.25) is 5.69 Å². The van der Waals surface area contributed by atoms with Crippen molar-refractivity contribution in [3.8, 4) is 5.69 Å². The number of nitrogens with one attached hydrogen (secondary N) is 1. The number of H-pyrrole nitrogens is 1. The van der Waals surface area contributed by atoms with Gasteiger partial charge >= 0.3 is 5.63 Å². The van der Waals surface area contributed by atoms with Gasteiger partial charge in [-0.25, -0.2) is 4.79 Å². The highest BCUT2D eigenvalue weighted by Crippen LogP contribution is 2.07. The van der Waals surface area contributed by atoms with Crippen molar-refractivity contribution in [3.63, 3.8) is 0 Å². The molecule has 0 radical (unpaired) electrons. The van der Waals surface area contributed by atoms with Gasteiger partial charge in [-0.2, -0.15) is 0 Å². The second-order valence-corrected chi connectivity index (χ2v) is 17.2. The maximum atomic E-state index is 12.0. The minimum Gasteiger partial charge on any atom is -0.283 e. The van der Waals surface area contributed by atoms with Crippen LogP contribution in [0.15, 0.2) is 33.6 Å². The van der Waals surface area contributed by atoms with Crippen LogP contribution in [0.3, 0.4) is 0 Å². The first kappa shape index (κ1) is 15.0. The second-order valence-electron chi connectivity index (χ2n) is 7.18. The summed E-state index contributed by atoms with van der Waals surface area (Å²) in [6.45, 7) is 13.4. The lowest BCUT2D eigenvalue weighted by Crippen LogP contribution is -2.65. The third-order valence-corrected chi connectivity index (χ3v) is 7.20. The number of benzene rings is 1. The van der Waals surface area contributed by atoms with E-state index in [-0.39, 0.29) is 5.63 Å². The molecule has 0 amide bonds. The van der Waals surface area contributed by atoms with Crippen molar-refractivity contribution in [1.82, 2.24) is 5.27 Å². The molecule has 20 heavy (non-hydrogen) atoms. The summed E-state index contributed by atoms with van der Waals surface area (Å²) in [4.78, 5) is 12.0. The van der Waals surface area contributed by atoms with Crippen LogP contribution < -0.4 is 20.8 Å². The molecule has 1 heterocycles. The molecule has 0 spiro atoms. The molecule has 0 aliphatic rings. The Bertz CT molecular complexity index is 675. The zero-order valence-corrected chi connectivity index (χ0v) is 15.1. The number of aromatic nitrogens is 2. The zero-order valence-electron chi connectivity index (χ0n) is 13.1. The molecule has 1 aromatic heterocycles. The number of rotatable bonds is 3. The van der Waals surface area contributed by atoms with E-state index in [1.807, 2.05) is 10.7 Å². The molecule has 1 aromatic carbocycles. The lowest BCUT2D eigenvalue weighted by molar-refractivity contribution is -0.653. The lowest BCUT2D eigenvalue weighted by atomic mass is 10.3. The van der Waals surface area contributed by atoms with Crippen LogP contribution in [0.4, 0.5) is 0 Å². The Morgan fingerprint density at radius 3 is 2.15 bits per heavy atom. The van der Waals surface area contributed by atoms with E-state index in [0.29, 0.717) is 0 Å². The maximum Gasteiger partial charge on any atom is 0.424 e. The minimum atomic E-state index is -1.79. The molecule has 0 aliphatic heterocycles. The summed E-state index contributed by atoms with van der Waals surface area (Å²) in [7, 11) is -3.30. The van der Waals surface area contributed by atoms with E-state index in [1.54, 1.807) is 0 Å². The monoisotopic (exact) mass is 307 g/mol. The first-order valence-corrected chi connectivity index (χ1v) is 13.9. The predicted molar refractivity (Wildman–Crippen MR) is 86.8 cm³/mol. The molecule has 2 rings (SSSR count). The van der Waals surface area contributed by atoms with Gasteiger partial charge < -0.3 is 0 Å². The van der Waals surface area contributed by atoms with Gasteiger partial charge in [-0.15, -0.1) is 0 Å². The molecule has 4 nitrogen and oxygen atoms in total. The van der Waals surface area contributed by atoms with E-state index in [2.05, 4.69) is 62.8 Å². The lowest BCUT2D eigenvalue weighted by Gasteiger charge is -2.17. The van der Waals surface area contributed by atoms with Gasteiger partial charge in [-0.05, 0) is 9.95 Å². The maximum absolute atomic E-state index is 12.0. The third kappa shape index (κ3) is 2.71. The van der Waals surface area contributed by atoms with Crippen molar-refractivity contribution in [3.05, 3.63) is 34.7 Å². The van der Waals surface area contributed by atoms with Crippen LogP contribution in [0.5, 0.6) is 0 Å². The van der Waals surface area contributed by atoms with Crippen LogP contribution >= 0.6 is 0 Å². The predicted octanol–water partition coefficient (Wildman–Crippen LogP) is 1.33. The highest BCUT2D eigenvalue weighted by Gasteiger charge is 2.38. The van der Waals surface area contributed by atoms with E-state index >= 15 is 0 Å². The molecule has 0 aliphatic carbocycles. The largest absolute Gasteiger partial charge is 0.424 e. The average molecular weight is 308 g/mol. The molecule has 108 valence electrons. The minimum absolute atomic E-state index is 0.241.